The molecule has 0 aromatic heterocycles. The highest BCUT2D eigenvalue weighted by molar-refractivity contribution is 5.85. The zero-order valence-corrected chi connectivity index (χ0v) is 7.91. The molecule has 0 aliphatic heterocycles. The molecule has 3 N–H and O–H groups in total. The first-order chi connectivity index (χ1) is 3.80. The van der Waals surface area contributed by atoms with Crippen molar-refractivity contribution in [3.8, 4) is 0 Å². The molecule has 1 saturated carbocycles. The lowest BCUT2D eigenvalue weighted by molar-refractivity contribution is 0.277. The Bertz CT molecular complexity index is 65.7. The predicted molar refractivity (Wildman–Crippen MR) is 49.1 cm³/mol. The maximum absolute atomic E-state index is 2.38. The summed E-state index contributed by atoms with van der Waals surface area (Å²) in [5, 5.41) is 0. The van der Waals surface area contributed by atoms with E-state index in [4.69, 9.17) is 0 Å². The Kier molecular flexibility index (Phi) is 7.72. The number of halogens is 1. The molecule has 2 unspecified atom stereocenters. The van der Waals surface area contributed by atoms with E-state index in [1.165, 1.54) is 25.7 Å². The summed E-state index contributed by atoms with van der Waals surface area (Å²) in [5.41, 5.74) is 0. The smallest absolute Gasteiger partial charge is 0.0417 e. The first-order valence-corrected chi connectivity index (χ1v) is 3.80. The lowest BCUT2D eigenvalue weighted by Gasteiger charge is -2.24. The van der Waals surface area contributed by atoms with E-state index in [0.717, 1.165) is 11.8 Å². The molecule has 0 aromatic carbocycles. The van der Waals surface area contributed by atoms with Crippen LogP contribution in [0.5, 0.6) is 0 Å². The summed E-state index contributed by atoms with van der Waals surface area (Å²) in [5.74, 6) is 2.01. The predicted octanol–water partition coefficient (Wildman–Crippen LogP) is 3.42. The third kappa shape index (κ3) is 3.43. The summed E-state index contributed by atoms with van der Waals surface area (Å²) in [6, 6.07) is 0. The summed E-state index contributed by atoms with van der Waals surface area (Å²) in [4.78, 5) is 0. The molecule has 0 radical (unpaired) electrons. The van der Waals surface area contributed by atoms with Crippen LogP contribution in [0, 0.1) is 11.8 Å². The van der Waals surface area contributed by atoms with Gasteiger partial charge in [-0.25, -0.2) is 0 Å². The molecule has 1 fully saturated rings. The molecule has 0 spiro atoms. The van der Waals surface area contributed by atoms with Gasteiger partial charge >= 0.3 is 0 Å². The topological polar surface area (TPSA) is 35.0 Å². The van der Waals surface area contributed by atoms with Crippen LogP contribution < -0.4 is 6.15 Å². The van der Waals surface area contributed by atoms with E-state index in [2.05, 4.69) is 13.8 Å². The van der Waals surface area contributed by atoms with E-state index in [1.807, 2.05) is 0 Å². The van der Waals surface area contributed by atoms with Gasteiger partial charge in [-0.15, -0.1) is 12.4 Å². The van der Waals surface area contributed by atoms with Crippen molar-refractivity contribution in [2.24, 2.45) is 11.8 Å². The van der Waals surface area contributed by atoms with Gasteiger partial charge in [0.25, 0.3) is 0 Å². The monoisotopic (exact) mass is 165 g/mol. The van der Waals surface area contributed by atoms with E-state index in [0.29, 0.717) is 0 Å². The highest BCUT2D eigenvalue weighted by Gasteiger charge is 2.15. The van der Waals surface area contributed by atoms with Crippen LogP contribution in [-0.2, 0) is 0 Å². The average Bonchev–Trinajstić information content (AvgIpc) is 1.77. The number of rotatable bonds is 0. The van der Waals surface area contributed by atoms with Crippen molar-refractivity contribution in [2.75, 3.05) is 0 Å². The summed E-state index contributed by atoms with van der Waals surface area (Å²) in [7, 11) is 0. The summed E-state index contributed by atoms with van der Waals surface area (Å²) < 4.78 is 0. The fourth-order valence-corrected chi connectivity index (χ4v) is 1.50. The maximum Gasteiger partial charge on any atom is -0.0417 e. The Morgan fingerprint density at radius 3 is 1.40 bits per heavy atom. The average molecular weight is 166 g/mol. The lowest BCUT2D eigenvalue weighted by atomic mass is 9.82. The first-order valence-electron chi connectivity index (χ1n) is 3.80. The van der Waals surface area contributed by atoms with Gasteiger partial charge in [-0.05, 0) is 11.8 Å². The third-order valence-corrected chi connectivity index (χ3v) is 2.54. The van der Waals surface area contributed by atoms with Crippen molar-refractivity contribution in [1.29, 1.82) is 0 Å². The minimum atomic E-state index is 0. The fraction of sp³-hybridized carbons (Fsp3) is 1.00. The molecule has 2 heteroatoms. The zero-order valence-electron chi connectivity index (χ0n) is 7.10. The van der Waals surface area contributed by atoms with Crippen LogP contribution in [-0.4, -0.2) is 0 Å². The van der Waals surface area contributed by atoms with Gasteiger partial charge in [0, 0.05) is 0 Å². The Hall–Kier alpha value is 0.250. The van der Waals surface area contributed by atoms with Crippen LogP contribution in [0.1, 0.15) is 39.5 Å². The van der Waals surface area contributed by atoms with Crippen molar-refractivity contribution in [2.45, 2.75) is 39.5 Å². The van der Waals surface area contributed by atoms with E-state index >= 15 is 0 Å². The Morgan fingerprint density at radius 2 is 1.20 bits per heavy atom. The van der Waals surface area contributed by atoms with Crippen LogP contribution in [0.2, 0.25) is 0 Å². The summed E-state index contributed by atoms with van der Waals surface area (Å²) in [6.45, 7) is 4.76. The van der Waals surface area contributed by atoms with Gasteiger partial charge in [0.2, 0.25) is 0 Å². The van der Waals surface area contributed by atoms with Crippen molar-refractivity contribution in [3.63, 3.8) is 0 Å². The summed E-state index contributed by atoms with van der Waals surface area (Å²) >= 11 is 0. The molecule has 0 aromatic rings. The van der Waals surface area contributed by atoms with E-state index in [1.54, 1.807) is 0 Å². The lowest BCUT2D eigenvalue weighted by Crippen LogP contribution is -2.12. The van der Waals surface area contributed by atoms with Crippen molar-refractivity contribution in [1.82, 2.24) is 6.15 Å². The number of hydrogen-bond acceptors (Lipinski definition) is 1. The second kappa shape index (κ2) is 5.99. The summed E-state index contributed by atoms with van der Waals surface area (Å²) in [6.07, 6.45) is 5.90. The first kappa shape index (κ1) is 12.9. The van der Waals surface area contributed by atoms with Gasteiger partial charge in [-0.2, -0.15) is 0 Å². The van der Waals surface area contributed by atoms with E-state index in [-0.39, 0.29) is 18.6 Å². The standard InChI is InChI=1S/C8H16.ClH.H3N/c1-7-5-3-4-6-8(7)2;;/h7-8H,3-6H2,1-2H3;1H;1H3. The normalized spacial score (nSPS) is 31.8. The van der Waals surface area contributed by atoms with E-state index < -0.39 is 0 Å². The quantitative estimate of drug-likeness (QED) is 0.587. The molecule has 0 bridgehead atoms. The molecule has 10 heavy (non-hydrogen) atoms. The number of hydrogen-bond donors (Lipinski definition) is 1. The Morgan fingerprint density at radius 1 is 0.900 bits per heavy atom. The largest absolute Gasteiger partial charge is 0.344 e. The maximum atomic E-state index is 2.38. The molecule has 0 amide bonds. The van der Waals surface area contributed by atoms with Gasteiger partial charge in [0.15, 0.2) is 0 Å². The van der Waals surface area contributed by atoms with Gasteiger partial charge in [-0.3, -0.25) is 0 Å². The Balaban J connectivity index is 0. The minimum Gasteiger partial charge on any atom is -0.344 e. The molecule has 1 rings (SSSR count). The molecular formula is C8H20ClN. The van der Waals surface area contributed by atoms with Crippen LogP contribution in [0.4, 0.5) is 0 Å². The molecule has 64 valence electrons. The molecular weight excluding hydrogens is 146 g/mol. The second-order valence-electron chi connectivity index (χ2n) is 3.24. The third-order valence-electron chi connectivity index (χ3n) is 2.54. The SMILES string of the molecule is CC1CCCCC1C.Cl.N. The molecule has 1 aliphatic rings. The molecule has 1 aliphatic carbocycles. The van der Waals surface area contributed by atoms with Gasteiger partial charge < -0.3 is 6.15 Å². The Labute approximate surface area is 70.6 Å². The van der Waals surface area contributed by atoms with Crippen molar-refractivity contribution < 1.29 is 0 Å². The van der Waals surface area contributed by atoms with Crippen molar-refractivity contribution >= 4 is 12.4 Å². The van der Waals surface area contributed by atoms with Crippen LogP contribution in [0.15, 0.2) is 0 Å². The molecule has 0 saturated heterocycles. The highest BCUT2D eigenvalue weighted by Crippen LogP contribution is 2.28. The molecule has 2 atom stereocenters. The van der Waals surface area contributed by atoms with Gasteiger partial charge in [0.1, 0.15) is 0 Å². The zero-order chi connectivity index (χ0) is 5.98. The second-order valence-corrected chi connectivity index (χ2v) is 3.24. The van der Waals surface area contributed by atoms with Crippen molar-refractivity contribution in [3.05, 3.63) is 0 Å². The molecule has 0 heterocycles. The molecule has 1 nitrogen and oxygen atoms in total. The van der Waals surface area contributed by atoms with Gasteiger partial charge in [0.05, 0.1) is 0 Å². The van der Waals surface area contributed by atoms with Crippen LogP contribution in [0.25, 0.3) is 0 Å². The van der Waals surface area contributed by atoms with E-state index in [9.17, 15) is 0 Å². The fourth-order valence-electron chi connectivity index (χ4n) is 1.50. The highest BCUT2D eigenvalue weighted by atomic mass is 35.5. The van der Waals surface area contributed by atoms with Gasteiger partial charge in [-0.1, -0.05) is 39.5 Å². The van der Waals surface area contributed by atoms with Crippen LogP contribution >= 0.6 is 12.4 Å². The van der Waals surface area contributed by atoms with Crippen LogP contribution in [0.3, 0.4) is 0 Å². The minimum absolute atomic E-state index is 0.